The van der Waals surface area contributed by atoms with Gasteiger partial charge in [0.15, 0.2) is 0 Å². The van der Waals surface area contributed by atoms with Crippen molar-refractivity contribution in [2.75, 3.05) is 20.2 Å². The van der Waals surface area contributed by atoms with Gasteiger partial charge in [0.05, 0.1) is 18.5 Å². The average Bonchev–Trinajstić information content (AvgIpc) is 3.43. The van der Waals surface area contributed by atoms with E-state index in [4.69, 9.17) is 9.47 Å². The first kappa shape index (κ1) is 30.6. The number of fused-ring (bicyclic) bond motifs is 1. The highest BCUT2D eigenvalue weighted by molar-refractivity contribution is 6.26. The van der Waals surface area contributed by atoms with Crippen molar-refractivity contribution < 1.29 is 23.9 Å². The van der Waals surface area contributed by atoms with Gasteiger partial charge in [-0.3, -0.25) is 4.79 Å². The summed E-state index contributed by atoms with van der Waals surface area (Å²) in [6.45, 7) is 2.02. The first-order valence-corrected chi connectivity index (χ1v) is 15.5. The molecule has 2 aliphatic rings. The Hall–Kier alpha value is -5.43. The summed E-state index contributed by atoms with van der Waals surface area (Å²) in [6, 6.07) is 38.1. The van der Waals surface area contributed by atoms with Crippen LogP contribution in [0.5, 0.6) is 0 Å². The Morgan fingerprint density at radius 2 is 1.24 bits per heavy atom. The van der Waals surface area contributed by atoms with Crippen molar-refractivity contribution in [1.82, 2.24) is 9.80 Å². The molecule has 232 valence electrons. The van der Waals surface area contributed by atoms with E-state index in [1.165, 1.54) is 13.2 Å². The fraction of sp³-hybridized carbons (Fsp3) is 0.205. The zero-order valence-corrected chi connectivity index (χ0v) is 25.8. The molecule has 1 saturated heterocycles. The molecule has 0 spiro atoms. The second-order valence-corrected chi connectivity index (χ2v) is 11.4. The third-order valence-electron chi connectivity index (χ3n) is 8.48. The second kappa shape index (κ2) is 13.7. The predicted molar refractivity (Wildman–Crippen MR) is 175 cm³/mol. The third-order valence-corrected chi connectivity index (χ3v) is 8.48. The first-order valence-electron chi connectivity index (χ1n) is 15.5. The second-order valence-electron chi connectivity index (χ2n) is 11.4. The number of benzene rings is 4. The molecular formula is C39H36N2O5. The van der Waals surface area contributed by atoms with Gasteiger partial charge in [0, 0.05) is 43.4 Å². The zero-order valence-electron chi connectivity index (χ0n) is 25.8. The van der Waals surface area contributed by atoms with E-state index in [9.17, 15) is 14.4 Å². The van der Waals surface area contributed by atoms with Gasteiger partial charge in [-0.15, -0.1) is 0 Å². The van der Waals surface area contributed by atoms with Gasteiger partial charge in [-0.2, -0.15) is 0 Å². The van der Waals surface area contributed by atoms with E-state index >= 15 is 0 Å². The van der Waals surface area contributed by atoms with Crippen LogP contribution >= 0.6 is 0 Å². The minimum Gasteiger partial charge on any atom is -0.466 e. The number of nitrogens with zero attached hydrogens (tertiary/aromatic N) is 2. The van der Waals surface area contributed by atoms with Crippen molar-refractivity contribution >= 4 is 17.7 Å². The van der Waals surface area contributed by atoms with Gasteiger partial charge in [-0.05, 0) is 24.0 Å². The topological polar surface area (TPSA) is 76.2 Å². The predicted octanol–water partition coefficient (Wildman–Crippen LogP) is 6.43. The van der Waals surface area contributed by atoms with Crippen molar-refractivity contribution in [3.8, 4) is 0 Å². The smallest absolute Gasteiger partial charge is 0.345 e. The number of hydrogen-bond acceptors (Lipinski definition) is 7. The standard InChI is InChI=1S/C39H36N2O5/c1-45-34(42)26-33-39(32-22-12-5-13-23-32)37(35(38(44)46-39)36(43)31-20-10-4-11-21-31)41(28-30-18-8-3-9-19-30)25-15-14-24-40(33)27-29-16-6-2-7-17-29/h2-13,16-23,26H,14-15,24-25,27-28H2,1H3/b33-26-. The molecule has 0 bridgehead atoms. The highest BCUT2D eigenvalue weighted by Crippen LogP contribution is 2.51. The lowest BCUT2D eigenvalue weighted by Gasteiger charge is -2.42. The maximum Gasteiger partial charge on any atom is 0.345 e. The fourth-order valence-electron chi connectivity index (χ4n) is 6.37. The van der Waals surface area contributed by atoms with Crippen molar-refractivity contribution in [1.29, 1.82) is 0 Å². The molecule has 6 rings (SSSR count). The summed E-state index contributed by atoms with van der Waals surface area (Å²) in [4.78, 5) is 46.2. The van der Waals surface area contributed by atoms with Crippen molar-refractivity contribution in [2.24, 2.45) is 0 Å². The Morgan fingerprint density at radius 1 is 0.739 bits per heavy atom. The molecule has 2 heterocycles. The van der Waals surface area contributed by atoms with Crippen LogP contribution in [0, 0.1) is 0 Å². The van der Waals surface area contributed by atoms with Crippen molar-refractivity contribution in [2.45, 2.75) is 31.5 Å². The maximum atomic E-state index is 14.4. The van der Waals surface area contributed by atoms with Crippen LogP contribution in [0.4, 0.5) is 0 Å². The molecule has 4 aromatic rings. The molecule has 46 heavy (non-hydrogen) atoms. The van der Waals surface area contributed by atoms with E-state index < -0.39 is 23.3 Å². The van der Waals surface area contributed by atoms with Crippen LogP contribution in [-0.4, -0.2) is 47.7 Å². The van der Waals surface area contributed by atoms with Gasteiger partial charge in [0.2, 0.25) is 11.4 Å². The summed E-state index contributed by atoms with van der Waals surface area (Å²) in [5.41, 5.74) is 2.25. The lowest BCUT2D eigenvalue weighted by Crippen LogP contribution is -2.45. The monoisotopic (exact) mass is 612 g/mol. The fourth-order valence-corrected chi connectivity index (χ4v) is 6.37. The maximum absolute atomic E-state index is 14.4. The Labute approximate surface area is 269 Å². The molecule has 0 saturated carbocycles. The molecule has 0 aliphatic carbocycles. The van der Waals surface area contributed by atoms with E-state index in [0.29, 0.717) is 48.7 Å². The van der Waals surface area contributed by atoms with E-state index in [-0.39, 0.29) is 5.57 Å². The van der Waals surface area contributed by atoms with Crippen LogP contribution in [0.3, 0.4) is 0 Å². The van der Waals surface area contributed by atoms with E-state index in [0.717, 1.165) is 24.0 Å². The molecule has 1 unspecified atom stereocenters. The number of ketones is 1. The first-order chi connectivity index (χ1) is 22.5. The summed E-state index contributed by atoms with van der Waals surface area (Å²) >= 11 is 0. The van der Waals surface area contributed by atoms with E-state index in [1.807, 2.05) is 97.1 Å². The molecular weight excluding hydrogens is 576 g/mol. The van der Waals surface area contributed by atoms with Crippen molar-refractivity contribution in [3.63, 3.8) is 0 Å². The molecule has 0 radical (unpaired) electrons. The number of methoxy groups -OCH3 is 1. The Balaban J connectivity index is 1.67. The zero-order chi connectivity index (χ0) is 31.9. The van der Waals surface area contributed by atoms with Gasteiger partial charge in [0.1, 0.15) is 5.57 Å². The van der Waals surface area contributed by atoms with Gasteiger partial charge in [0.25, 0.3) is 0 Å². The SMILES string of the molecule is COC(=O)/C=C1\N(Cc2ccccc2)CCCCN(Cc2ccccc2)C2=C(C(=O)c3ccccc3)C(=O)OC21c1ccccc1. The van der Waals surface area contributed by atoms with Crippen LogP contribution in [0.1, 0.15) is 39.9 Å². The number of carbonyl (C=O) groups is 3. The van der Waals surface area contributed by atoms with E-state index in [2.05, 4.69) is 9.80 Å². The van der Waals surface area contributed by atoms with Gasteiger partial charge >= 0.3 is 11.9 Å². The largest absolute Gasteiger partial charge is 0.466 e. The van der Waals surface area contributed by atoms with Gasteiger partial charge in [-0.25, -0.2) is 9.59 Å². The molecule has 1 fully saturated rings. The molecule has 7 nitrogen and oxygen atoms in total. The van der Waals surface area contributed by atoms with Gasteiger partial charge in [-0.1, -0.05) is 121 Å². The highest BCUT2D eigenvalue weighted by atomic mass is 16.6. The summed E-state index contributed by atoms with van der Waals surface area (Å²) < 4.78 is 11.8. The van der Waals surface area contributed by atoms with Crippen LogP contribution in [0.15, 0.2) is 144 Å². The molecule has 4 aromatic carbocycles. The molecule has 7 heteroatoms. The Kier molecular flexibility index (Phi) is 9.10. The normalized spacial score (nSPS) is 19.2. The van der Waals surface area contributed by atoms with E-state index in [1.54, 1.807) is 24.3 Å². The summed E-state index contributed by atoms with van der Waals surface area (Å²) in [6.07, 6.45) is 2.99. The molecule has 1 atom stereocenters. The van der Waals surface area contributed by atoms with Crippen LogP contribution in [0.25, 0.3) is 0 Å². The quantitative estimate of drug-likeness (QED) is 0.0983. The number of Topliss-reactive ketones (excluding diaryl/α,β-unsaturated/α-hetero) is 1. The molecule has 0 amide bonds. The number of carbonyl (C=O) groups excluding carboxylic acids is 3. The Bertz CT molecular complexity index is 1750. The number of esters is 2. The third kappa shape index (κ3) is 6.09. The minimum absolute atomic E-state index is 0.0386. The molecule has 2 aliphatic heterocycles. The lowest BCUT2D eigenvalue weighted by atomic mass is 9.83. The molecule has 0 N–H and O–H groups in total. The minimum atomic E-state index is -1.62. The van der Waals surface area contributed by atoms with Crippen LogP contribution in [0.2, 0.25) is 0 Å². The van der Waals surface area contributed by atoms with Crippen molar-refractivity contribution in [3.05, 3.63) is 167 Å². The van der Waals surface area contributed by atoms with Gasteiger partial charge < -0.3 is 19.3 Å². The lowest BCUT2D eigenvalue weighted by molar-refractivity contribution is -0.147. The van der Waals surface area contributed by atoms with Crippen LogP contribution < -0.4 is 0 Å². The average molecular weight is 613 g/mol. The number of ether oxygens (including phenoxy) is 2. The summed E-state index contributed by atoms with van der Waals surface area (Å²) in [5.74, 6) is -1.75. The number of rotatable bonds is 8. The van der Waals surface area contributed by atoms with Crippen LogP contribution in [-0.2, 0) is 37.8 Å². The summed E-state index contributed by atoms with van der Waals surface area (Å²) in [7, 11) is 1.33. The highest BCUT2D eigenvalue weighted by Gasteiger charge is 2.57. The number of hydrogen-bond donors (Lipinski definition) is 0. The summed E-state index contributed by atoms with van der Waals surface area (Å²) in [5, 5.41) is 0. The Morgan fingerprint density at radius 3 is 1.80 bits per heavy atom. The molecule has 0 aromatic heterocycles.